The highest BCUT2D eigenvalue weighted by atomic mass is 19.3. The summed E-state index contributed by atoms with van der Waals surface area (Å²) in [5.41, 5.74) is 1.06. The molecule has 6 heteroatoms. The van der Waals surface area contributed by atoms with Crippen molar-refractivity contribution in [3.63, 3.8) is 0 Å². The van der Waals surface area contributed by atoms with E-state index in [2.05, 4.69) is 15.0 Å². The summed E-state index contributed by atoms with van der Waals surface area (Å²) in [4.78, 5) is 2.42. The van der Waals surface area contributed by atoms with Crippen LogP contribution >= 0.6 is 0 Å². The first kappa shape index (κ1) is 14.5. The van der Waals surface area contributed by atoms with Gasteiger partial charge in [0.1, 0.15) is 0 Å². The van der Waals surface area contributed by atoms with Crippen LogP contribution in [0, 0.1) is 11.8 Å². The van der Waals surface area contributed by atoms with E-state index in [4.69, 9.17) is 4.74 Å². The molecule has 21 heavy (non-hydrogen) atoms. The molecule has 0 spiro atoms. The molecule has 3 rings (SSSR count). The predicted molar refractivity (Wildman–Crippen MR) is 74.8 cm³/mol. The zero-order valence-corrected chi connectivity index (χ0v) is 12.0. The maximum Gasteiger partial charge on any atom is 0.387 e. The van der Waals surface area contributed by atoms with Crippen molar-refractivity contribution in [2.24, 2.45) is 11.8 Å². The van der Waals surface area contributed by atoms with Crippen LogP contribution in [0.1, 0.15) is 5.56 Å². The van der Waals surface area contributed by atoms with Crippen molar-refractivity contribution in [1.29, 1.82) is 0 Å². The van der Waals surface area contributed by atoms with Crippen molar-refractivity contribution < 1.29 is 18.3 Å². The fourth-order valence-corrected chi connectivity index (χ4v) is 3.34. The van der Waals surface area contributed by atoms with Gasteiger partial charge in [-0.25, -0.2) is 0 Å². The van der Waals surface area contributed by atoms with Gasteiger partial charge in [0.15, 0.2) is 11.5 Å². The first-order valence-corrected chi connectivity index (χ1v) is 7.20. The highest BCUT2D eigenvalue weighted by Crippen LogP contribution is 2.32. The molecule has 1 N–H and O–H groups in total. The van der Waals surface area contributed by atoms with E-state index in [-0.39, 0.29) is 5.75 Å². The molecule has 1 aromatic rings. The molecule has 4 nitrogen and oxygen atoms in total. The monoisotopic (exact) mass is 298 g/mol. The van der Waals surface area contributed by atoms with Crippen molar-refractivity contribution in [3.05, 3.63) is 23.8 Å². The topological polar surface area (TPSA) is 33.7 Å². The van der Waals surface area contributed by atoms with Crippen molar-refractivity contribution in [2.45, 2.75) is 13.2 Å². The lowest BCUT2D eigenvalue weighted by Gasteiger charge is -2.18. The second-order valence-corrected chi connectivity index (χ2v) is 5.74. The third kappa shape index (κ3) is 3.27. The molecule has 1 aromatic carbocycles. The van der Waals surface area contributed by atoms with Gasteiger partial charge in [-0.3, -0.25) is 4.90 Å². The maximum atomic E-state index is 12.3. The van der Waals surface area contributed by atoms with Crippen LogP contribution in [0.5, 0.6) is 11.5 Å². The molecule has 0 aliphatic carbocycles. The number of likely N-dealkylation sites (tertiary alicyclic amines) is 1. The Morgan fingerprint density at radius 3 is 2.57 bits per heavy atom. The van der Waals surface area contributed by atoms with Crippen molar-refractivity contribution in [1.82, 2.24) is 10.2 Å². The lowest BCUT2D eigenvalue weighted by molar-refractivity contribution is -0.0512. The number of ether oxygens (including phenoxy) is 2. The molecular weight excluding hydrogens is 278 g/mol. The summed E-state index contributed by atoms with van der Waals surface area (Å²) in [6.07, 6.45) is 0. The minimum atomic E-state index is -2.84. The van der Waals surface area contributed by atoms with Gasteiger partial charge in [0.2, 0.25) is 0 Å². The summed E-state index contributed by atoms with van der Waals surface area (Å²) in [7, 11) is 1.46. The van der Waals surface area contributed by atoms with Gasteiger partial charge in [-0.05, 0) is 42.6 Å². The standard InChI is InChI=1S/C15H20F2N2O2/c1-20-14-4-10(2-3-13(14)21-15(16)17)7-19-8-11-5-18-6-12(11)9-19/h2-4,11-12,15,18H,5-9H2,1H3. The predicted octanol–water partition coefficient (Wildman–Crippen LogP) is 1.95. The SMILES string of the molecule is COc1cc(CN2CC3CNCC3C2)ccc1OC(F)F. The minimum Gasteiger partial charge on any atom is -0.493 e. The minimum absolute atomic E-state index is 0.0822. The normalized spacial score (nSPS) is 25.3. The van der Waals surface area contributed by atoms with Crippen LogP contribution in [0.15, 0.2) is 18.2 Å². The van der Waals surface area contributed by atoms with Crippen LogP contribution in [-0.4, -0.2) is 44.8 Å². The largest absolute Gasteiger partial charge is 0.493 e. The van der Waals surface area contributed by atoms with Crippen LogP contribution in [0.25, 0.3) is 0 Å². The van der Waals surface area contributed by atoms with Crippen LogP contribution in [0.2, 0.25) is 0 Å². The molecule has 0 aromatic heterocycles. The lowest BCUT2D eigenvalue weighted by atomic mass is 10.0. The van der Waals surface area contributed by atoms with E-state index in [9.17, 15) is 8.78 Å². The molecular formula is C15H20F2N2O2. The molecule has 2 fully saturated rings. The third-order valence-electron chi connectivity index (χ3n) is 4.32. The molecule has 2 unspecified atom stereocenters. The Hall–Kier alpha value is -1.40. The quantitative estimate of drug-likeness (QED) is 0.901. The lowest BCUT2D eigenvalue weighted by Crippen LogP contribution is -2.25. The van der Waals surface area contributed by atoms with Gasteiger partial charge in [0, 0.05) is 19.6 Å². The van der Waals surface area contributed by atoms with E-state index in [1.165, 1.54) is 7.11 Å². The van der Waals surface area contributed by atoms with E-state index in [1.54, 1.807) is 12.1 Å². The molecule has 2 aliphatic heterocycles. The first-order valence-electron chi connectivity index (χ1n) is 7.20. The Balaban J connectivity index is 1.66. The van der Waals surface area contributed by atoms with E-state index >= 15 is 0 Å². The molecule has 2 aliphatic rings. The van der Waals surface area contributed by atoms with Gasteiger partial charge in [-0.2, -0.15) is 8.78 Å². The summed E-state index contributed by atoms with van der Waals surface area (Å²) >= 11 is 0. The number of hydrogen-bond donors (Lipinski definition) is 1. The second-order valence-electron chi connectivity index (χ2n) is 5.74. The average molecular weight is 298 g/mol. The van der Waals surface area contributed by atoms with E-state index in [0.29, 0.717) is 5.75 Å². The van der Waals surface area contributed by atoms with E-state index < -0.39 is 6.61 Å². The van der Waals surface area contributed by atoms with Gasteiger partial charge < -0.3 is 14.8 Å². The number of halogens is 2. The molecule has 0 bridgehead atoms. The molecule has 2 heterocycles. The third-order valence-corrected chi connectivity index (χ3v) is 4.32. The number of nitrogens with zero attached hydrogens (tertiary/aromatic N) is 1. The van der Waals surface area contributed by atoms with Gasteiger partial charge in [0.05, 0.1) is 7.11 Å². The fraction of sp³-hybridized carbons (Fsp3) is 0.600. The molecule has 2 saturated heterocycles. The number of rotatable bonds is 5. The molecule has 2 atom stereocenters. The Labute approximate surface area is 123 Å². The Kier molecular flexibility index (Phi) is 4.26. The Bertz CT molecular complexity index is 487. The summed E-state index contributed by atoms with van der Waals surface area (Å²) in [5, 5.41) is 3.42. The van der Waals surface area contributed by atoms with Gasteiger partial charge >= 0.3 is 6.61 Å². The Morgan fingerprint density at radius 2 is 1.95 bits per heavy atom. The summed E-state index contributed by atoms with van der Waals surface area (Å²) in [6.45, 7) is 2.37. The van der Waals surface area contributed by atoms with E-state index in [1.807, 2.05) is 6.07 Å². The highest BCUT2D eigenvalue weighted by Gasteiger charge is 2.35. The van der Waals surface area contributed by atoms with Crippen LogP contribution in [-0.2, 0) is 6.54 Å². The second kappa shape index (κ2) is 6.15. The zero-order chi connectivity index (χ0) is 14.8. The number of alkyl halides is 2. The maximum absolute atomic E-state index is 12.3. The number of benzene rings is 1. The van der Waals surface area contributed by atoms with Gasteiger partial charge in [-0.1, -0.05) is 6.07 Å². The number of nitrogens with one attached hydrogen (secondary N) is 1. The molecule has 116 valence electrons. The molecule has 0 amide bonds. The summed E-state index contributed by atoms with van der Waals surface area (Å²) in [5.74, 6) is 1.93. The van der Waals surface area contributed by atoms with Crippen LogP contribution < -0.4 is 14.8 Å². The zero-order valence-electron chi connectivity index (χ0n) is 12.0. The van der Waals surface area contributed by atoms with Crippen molar-refractivity contribution >= 4 is 0 Å². The highest BCUT2D eigenvalue weighted by molar-refractivity contribution is 5.43. The summed E-state index contributed by atoms with van der Waals surface area (Å²) < 4.78 is 34.2. The van der Waals surface area contributed by atoms with Crippen LogP contribution in [0.3, 0.4) is 0 Å². The van der Waals surface area contributed by atoms with Crippen molar-refractivity contribution in [2.75, 3.05) is 33.3 Å². The number of hydrogen-bond acceptors (Lipinski definition) is 4. The first-order chi connectivity index (χ1) is 10.2. The van der Waals surface area contributed by atoms with Crippen LogP contribution in [0.4, 0.5) is 8.78 Å². The molecule has 0 saturated carbocycles. The fourth-order valence-electron chi connectivity index (χ4n) is 3.34. The van der Waals surface area contributed by atoms with E-state index in [0.717, 1.165) is 50.1 Å². The van der Waals surface area contributed by atoms with Crippen molar-refractivity contribution in [3.8, 4) is 11.5 Å². The average Bonchev–Trinajstić information content (AvgIpc) is 3.00. The van der Waals surface area contributed by atoms with Gasteiger partial charge in [0.25, 0.3) is 0 Å². The Morgan fingerprint density at radius 1 is 1.24 bits per heavy atom. The molecule has 0 radical (unpaired) electrons. The summed E-state index contributed by atoms with van der Waals surface area (Å²) in [6, 6.07) is 5.16. The van der Waals surface area contributed by atoms with Gasteiger partial charge in [-0.15, -0.1) is 0 Å². The number of methoxy groups -OCH3 is 1. The smallest absolute Gasteiger partial charge is 0.387 e. The number of fused-ring (bicyclic) bond motifs is 1.